The molecule has 0 bridgehead atoms. The van der Waals surface area contributed by atoms with Crippen LogP contribution in [-0.2, 0) is 6.61 Å². The Hall–Kier alpha value is -2.11. The molecule has 0 radical (unpaired) electrons. The Morgan fingerprint density at radius 1 is 1.20 bits per heavy atom. The zero-order chi connectivity index (χ0) is 16.8. The molecule has 5 rings (SSSR count). The van der Waals surface area contributed by atoms with Crippen LogP contribution >= 0.6 is 22.7 Å². The van der Waals surface area contributed by atoms with Crippen LogP contribution < -0.4 is 4.74 Å². The number of nitrogens with zero attached hydrogens (tertiary/aromatic N) is 1. The zero-order valence-electron chi connectivity index (χ0n) is 13.6. The third-order valence-corrected chi connectivity index (χ3v) is 7.09. The van der Waals surface area contributed by atoms with Crippen molar-refractivity contribution in [1.29, 1.82) is 0 Å². The molecule has 1 aromatic carbocycles. The Balaban J connectivity index is 1.49. The zero-order valence-corrected chi connectivity index (χ0v) is 15.2. The van der Waals surface area contributed by atoms with E-state index < -0.39 is 0 Å². The van der Waals surface area contributed by atoms with E-state index in [1.807, 2.05) is 24.3 Å². The molecule has 3 aromatic rings. The molecule has 0 saturated carbocycles. The largest absolute Gasteiger partial charge is 0.488 e. The van der Waals surface area contributed by atoms with E-state index in [9.17, 15) is 4.79 Å². The molecule has 1 amide bonds. The van der Waals surface area contributed by atoms with Gasteiger partial charge in [0.1, 0.15) is 12.4 Å². The van der Waals surface area contributed by atoms with E-state index in [0.29, 0.717) is 6.61 Å². The fourth-order valence-electron chi connectivity index (χ4n) is 3.73. The van der Waals surface area contributed by atoms with E-state index in [-0.39, 0.29) is 11.9 Å². The van der Waals surface area contributed by atoms with Crippen LogP contribution in [0.3, 0.4) is 0 Å². The highest BCUT2D eigenvalue weighted by Crippen LogP contribution is 2.43. The molecular formula is C20H17NO2S2. The highest BCUT2D eigenvalue weighted by atomic mass is 32.1. The highest BCUT2D eigenvalue weighted by Gasteiger charge is 2.33. The average molecular weight is 367 g/mol. The van der Waals surface area contributed by atoms with Crippen LogP contribution in [0.15, 0.2) is 47.8 Å². The fraction of sp³-hybridized carbons (Fsp3) is 0.250. The van der Waals surface area contributed by atoms with Crippen LogP contribution in [0.4, 0.5) is 0 Å². The number of rotatable bonds is 2. The number of thiophene rings is 2. The smallest absolute Gasteiger partial charge is 0.264 e. The Morgan fingerprint density at radius 3 is 3.00 bits per heavy atom. The van der Waals surface area contributed by atoms with Gasteiger partial charge in [-0.15, -0.1) is 22.7 Å². The minimum absolute atomic E-state index is 0.160. The van der Waals surface area contributed by atoms with Crippen molar-refractivity contribution in [1.82, 2.24) is 4.90 Å². The Bertz CT molecular complexity index is 929. The summed E-state index contributed by atoms with van der Waals surface area (Å²) in [5.74, 6) is 1.07. The fourth-order valence-corrected chi connectivity index (χ4v) is 5.76. The van der Waals surface area contributed by atoms with Crippen molar-refractivity contribution in [3.05, 3.63) is 63.2 Å². The van der Waals surface area contributed by atoms with Gasteiger partial charge in [-0.05, 0) is 42.5 Å². The number of likely N-dealkylation sites (tertiary alicyclic amines) is 1. The van der Waals surface area contributed by atoms with Crippen molar-refractivity contribution in [3.63, 3.8) is 0 Å². The molecule has 1 unspecified atom stereocenters. The first kappa shape index (κ1) is 15.2. The number of carbonyl (C=O) groups excluding carboxylic acids is 1. The third-order valence-electron chi connectivity index (χ3n) is 4.92. The molecule has 0 aliphatic carbocycles. The normalized spacial score (nSPS) is 18.6. The molecule has 2 aliphatic rings. The third kappa shape index (κ3) is 2.50. The second kappa shape index (κ2) is 6.00. The molecule has 126 valence electrons. The van der Waals surface area contributed by atoms with E-state index in [1.165, 1.54) is 9.75 Å². The summed E-state index contributed by atoms with van der Waals surface area (Å²) >= 11 is 3.35. The molecule has 0 spiro atoms. The Morgan fingerprint density at radius 2 is 2.12 bits per heavy atom. The summed E-state index contributed by atoms with van der Waals surface area (Å²) in [5, 5.41) is 2.09. The van der Waals surface area contributed by atoms with E-state index in [2.05, 4.69) is 28.5 Å². The predicted molar refractivity (Wildman–Crippen MR) is 101 cm³/mol. The molecule has 2 aromatic heterocycles. The van der Waals surface area contributed by atoms with Crippen LogP contribution in [0.1, 0.15) is 39.0 Å². The number of carbonyl (C=O) groups is 1. The summed E-state index contributed by atoms with van der Waals surface area (Å²) in [6.07, 6.45) is 2.13. The van der Waals surface area contributed by atoms with Crippen molar-refractivity contribution in [2.75, 3.05) is 6.54 Å². The molecule has 3 nitrogen and oxygen atoms in total. The van der Waals surface area contributed by atoms with Crippen LogP contribution in [0, 0.1) is 0 Å². The van der Waals surface area contributed by atoms with Gasteiger partial charge in [0.2, 0.25) is 0 Å². The van der Waals surface area contributed by atoms with Gasteiger partial charge in [0, 0.05) is 27.4 Å². The second-order valence-electron chi connectivity index (χ2n) is 6.42. The summed E-state index contributed by atoms with van der Waals surface area (Å²) in [5.41, 5.74) is 2.22. The second-order valence-corrected chi connectivity index (χ2v) is 8.45. The Kier molecular flexibility index (Phi) is 3.64. The van der Waals surface area contributed by atoms with E-state index in [0.717, 1.165) is 41.1 Å². The summed E-state index contributed by atoms with van der Waals surface area (Å²) < 4.78 is 5.83. The predicted octanol–water partition coefficient (Wildman–Crippen LogP) is 5.35. The number of fused-ring (bicyclic) bond motifs is 3. The standard InChI is InChI=1S/C20H17NO2S2/c22-20(21-9-3-6-15(21)17-8-4-10-24-17)18-11-13-12-23-16-7-2-1-5-14(16)19(13)25-18/h1-2,4-5,7-8,10-11,15H,3,6,9,12H2. The van der Waals surface area contributed by atoms with Crippen molar-refractivity contribution in [2.24, 2.45) is 0 Å². The van der Waals surface area contributed by atoms with E-state index in [4.69, 9.17) is 4.74 Å². The molecule has 25 heavy (non-hydrogen) atoms. The molecule has 2 aliphatic heterocycles. The average Bonchev–Trinajstić information content (AvgIpc) is 3.40. The molecule has 1 atom stereocenters. The first-order valence-corrected chi connectivity index (χ1v) is 10.2. The lowest BCUT2D eigenvalue weighted by atomic mass is 10.1. The summed E-state index contributed by atoms with van der Waals surface area (Å²) in [6.45, 7) is 1.39. The van der Waals surface area contributed by atoms with Crippen molar-refractivity contribution >= 4 is 28.6 Å². The van der Waals surface area contributed by atoms with Crippen molar-refractivity contribution in [3.8, 4) is 16.2 Å². The summed E-state index contributed by atoms with van der Waals surface area (Å²) in [7, 11) is 0. The van der Waals surface area contributed by atoms with Crippen LogP contribution in [0.25, 0.3) is 10.4 Å². The minimum atomic E-state index is 0.160. The Labute approximate surface area is 154 Å². The first-order valence-electron chi connectivity index (χ1n) is 8.50. The lowest BCUT2D eigenvalue weighted by molar-refractivity contribution is 0.0742. The van der Waals surface area contributed by atoms with Crippen LogP contribution in [-0.4, -0.2) is 17.4 Å². The van der Waals surface area contributed by atoms with Crippen molar-refractivity contribution in [2.45, 2.75) is 25.5 Å². The van der Waals surface area contributed by atoms with Crippen molar-refractivity contribution < 1.29 is 9.53 Å². The highest BCUT2D eigenvalue weighted by molar-refractivity contribution is 7.17. The summed E-state index contributed by atoms with van der Waals surface area (Å²) in [6, 6.07) is 14.5. The molecule has 1 fully saturated rings. The van der Waals surface area contributed by atoms with E-state index >= 15 is 0 Å². The monoisotopic (exact) mass is 367 g/mol. The lowest BCUT2D eigenvalue weighted by Gasteiger charge is -2.23. The van der Waals surface area contributed by atoms with Crippen LogP contribution in [0.5, 0.6) is 5.75 Å². The first-order chi connectivity index (χ1) is 12.3. The maximum atomic E-state index is 13.2. The quantitative estimate of drug-likeness (QED) is 0.611. The number of ether oxygens (including phenoxy) is 1. The van der Waals surface area contributed by atoms with E-state index in [1.54, 1.807) is 22.7 Å². The van der Waals surface area contributed by atoms with Gasteiger partial charge in [-0.1, -0.05) is 18.2 Å². The molecule has 5 heteroatoms. The number of amides is 1. The molecular weight excluding hydrogens is 350 g/mol. The molecule has 0 N–H and O–H groups in total. The topological polar surface area (TPSA) is 29.5 Å². The van der Waals surface area contributed by atoms with Gasteiger partial charge in [-0.3, -0.25) is 4.79 Å². The SMILES string of the molecule is O=C(c1cc2c(s1)-c1ccccc1OC2)N1CCCC1c1cccs1. The van der Waals surface area contributed by atoms with Crippen LogP contribution in [0.2, 0.25) is 0 Å². The number of para-hydroxylation sites is 1. The van der Waals surface area contributed by atoms with Gasteiger partial charge in [0.15, 0.2) is 0 Å². The summed E-state index contributed by atoms with van der Waals surface area (Å²) in [4.78, 5) is 18.5. The van der Waals surface area contributed by atoms with Gasteiger partial charge in [-0.25, -0.2) is 0 Å². The maximum Gasteiger partial charge on any atom is 0.264 e. The minimum Gasteiger partial charge on any atom is -0.488 e. The number of hydrogen-bond donors (Lipinski definition) is 0. The number of benzene rings is 1. The maximum absolute atomic E-state index is 13.2. The molecule has 1 saturated heterocycles. The van der Waals surface area contributed by atoms with Gasteiger partial charge in [0.25, 0.3) is 5.91 Å². The lowest BCUT2D eigenvalue weighted by Crippen LogP contribution is -2.29. The molecule has 4 heterocycles. The van der Waals surface area contributed by atoms with Gasteiger partial charge in [-0.2, -0.15) is 0 Å². The van der Waals surface area contributed by atoms with Gasteiger partial charge >= 0.3 is 0 Å². The number of hydrogen-bond acceptors (Lipinski definition) is 4. The van der Waals surface area contributed by atoms with Gasteiger partial charge in [0.05, 0.1) is 10.9 Å². The van der Waals surface area contributed by atoms with Gasteiger partial charge < -0.3 is 9.64 Å².